The number of carbonyl (C=O) groups is 1. The fourth-order valence-corrected chi connectivity index (χ4v) is 3.08. The standard InChI is InChI=1S/C16H24N4O3.ClH/c1-16(17)9-5-4-6-12(16)15(21)19-11-10-18-13-7-2-3-8-14(13)20(22)23;/h2-3,7-8,12,18H,4-6,9-11,17H2,1H3,(H,19,21);1H. The molecule has 4 N–H and O–H groups in total. The van der Waals surface area contributed by atoms with Crippen LogP contribution in [0.5, 0.6) is 0 Å². The lowest BCUT2D eigenvalue weighted by Gasteiger charge is -2.37. The van der Waals surface area contributed by atoms with Crippen molar-refractivity contribution in [1.82, 2.24) is 5.32 Å². The van der Waals surface area contributed by atoms with E-state index in [0.29, 0.717) is 18.8 Å². The zero-order valence-electron chi connectivity index (χ0n) is 13.8. The van der Waals surface area contributed by atoms with Crippen LogP contribution in [-0.2, 0) is 4.79 Å². The maximum absolute atomic E-state index is 12.3. The molecule has 1 aliphatic rings. The number of nitrogens with zero attached hydrogens (tertiary/aromatic N) is 1. The van der Waals surface area contributed by atoms with Crippen LogP contribution in [0.25, 0.3) is 0 Å². The van der Waals surface area contributed by atoms with Crippen molar-refractivity contribution < 1.29 is 9.72 Å². The molecule has 2 rings (SSSR count). The van der Waals surface area contributed by atoms with E-state index in [-0.39, 0.29) is 29.9 Å². The van der Waals surface area contributed by atoms with E-state index >= 15 is 0 Å². The highest BCUT2D eigenvalue weighted by Crippen LogP contribution is 2.31. The first kappa shape index (κ1) is 20.2. The summed E-state index contributed by atoms with van der Waals surface area (Å²) in [6.45, 7) is 2.75. The van der Waals surface area contributed by atoms with E-state index in [4.69, 9.17) is 5.73 Å². The second-order valence-electron chi connectivity index (χ2n) is 6.30. The molecule has 1 aromatic rings. The van der Waals surface area contributed by atoms with Gasteiger partial charge in [0.25, 0.3) is 5.69 Å². The van der Waals surface area contributed by atoms with Crippen LogP contribution in [-0.4, -0.2) is 29.5 Å². The molecule has 7 nitrogen and oxygen atoms in total. The van der Waals surface area contributed by atoms with E-state index in [1.807, 2.05) is 6.92 Å². The summed E-state index contributed by atoms with van der Waals surface area (Å²) in [5, 5.41) is 16.8. The van der Waals surface area contributed by atoms with Gasteiger partial charge in [-0.15, -0.1) is 12.4 Å². The molecule has 1 aliphatic carbocycles. The third kappa shape index (κ3) is 5.07. The molecule has 0 bridgehead atoms. The van der Waals surface area contributed by atoms with Crippen LogP contribution in [0.1, 0.15) is 32.6 Å². The summed E-state index contributed by atoms with van der Waals surface area (Å²) < 4.78 is 0. The molecule has 1 fully saturated rings. The van der Waals surface area contributed by atoms with E-state index in [1.54, 1.807) is 18.2 Å². The molecule has 134 valence electrons. The van der Waals surface area contributed by atoms with Gasteiger partial charge in [0, 0.05) is 24.7 Å². The van der Waals surface area contributed by atoms with Gasteiger partial charge >= 0.3 is 0 Å². The lowest BCUT2D eigenvalue weighted by Crippen LogP contribution is -2.53. The van der Waals surface area contributed by atoms with E-state index in [9.17, 15) is 14.9 Å². The number of nitrogens with one attached hydrogen (secondary N) is 2. The van der Waals surface area contributed by atoms with Crippen LogP contribution in [0.15, 0.2) is 24.3 Å². The van der Waals surface area contributed by atoms with Gasteiger partial charge in [-0.1, -0.05) is 25.0 Å². The number of para-hydroxylation sites is 2. The highest BCUT2D eigenvalue weighted by Gasteiger charge is 2.37. The van der Waals surface area contributed by atoms with Gasteiger partial charge in [0.2, 0.25) is 5.91 Å². The third-order valence-corrected chi connectivity index (χ3v) is 4.41. The minimum absolute atomic E-state index is 0. The Kier molecular flexibility index (Phi) is 7.44. The molecule has 2 unspecified atom stereocenters. The fourth-order valence-electron chi connectivity index (χ4n) is 3.08. The molecule has 0 radical (unpaired) electrons. The Hall–Kier alpha value is -1.86. The second-order valence-corrected chi connectivity index (χ2v) is 6.30. The Labute approximate surface area is 147 Å². The number of hydrogen-bond acceptors (Lipinski definition) is 5. The average molecular weight is 357 g/mol. The van der Waals surface area contributed by atoms with E-state index in [0.717, 1.165) is 25.7 Å². The largest absolute Gasteiger partial charge is 0.378 e. The minimum Gasteiger partial charge on any atom is -0.378 e. The Morgan fingerprint density at radius 3 is 2.75 bits per heavy atom. The topological polar surface area (TPSA) is 110 Å². The lowest BCUT2D eigenvalue weighted by atomic mass is 9.74. The molecule has 0 saturated heterocycles. The smallest absolute Gasteiger partial charge is 0.292 e. The molecule has 1 aromatic carbocycles. The lowest BCUT2D eigenvalue weighted by molar-refractivity contribution is -0.384. The molecule has 8 heteroatoms. The van der Waals surface area contributed by atoms with Crippen LogP contribution in [0.4, 0.5) is 11.4 Å². The van der Waals surface area contributed by atoms with Crippen LogP contribution >= 0.6 is 12.4 Å². The normalized spacial score (nSPS) is 23.0. The number of amides is 1. The number of anilines is 1. The van der Waals surface area contributed by atoms with Gasteiger partial charge in [0.1, 0.15) is 5.69 Å². The number of rotatable bonds is 6. The van der Waals surface area contributed by atoms with Crippen molar-refractivity contribution in [1.29, 1.82) is 0 Å². The first-order valence-electron chi connectivity index (χ1n) is 7.96. The quantitative estimate of drug-likeness (QED) is 0.412. The predicted octanol–water partition coefficient (Wildman–Crippen LogP) is 2.45. The van der Waals surface area contributed by atoms with E-state index < -0.39 is 10.5 Å². The monoisotopic (exact) mass is 356 g/mol. The number of carbonyl (C=O) groups excluding carboxylic acids is 1. The maximum Gasteiger partial charge on any atom is 0.292 e. The maximum atomic E-state index is 12.3. The minimum atomic E-state index is -0.450. The Morgan fingerprint density at radius 1 is 1.38 bits per heavy atom. The van der Waals surface area contributed by atoms with Crippen LogP contribution in [0.3, 0.4) is 0 Å². The number of nitrogens with two attached hydrogens (primary N) is 1. The van der Waals surface area contributed by atoms with Gasteiger partial charge in [-0.2, -0.15) is 0 Å². The Balaban J connectivity index is 0.00000288. The molecular formula is C16H25ClN4O3. The number of nitro benzene ring substituents is 1. The Morgan fingerprint density at radius 2 is 2.08 bits per heavy atom. The SMILES string of the molecule is CC1(N)CCCCC1C(=O)NCCNc1ccccc1[N+](=O)[O-].Cl. The predicted molar refractivity (Wildman–Crippen MR) is 96.4 cm³/mol. The molecule has 1 amide bonds. The highest BCUT2D eigenvalue weighted by molar-refractivity contribution is 5.85. The van der Waals surface area contributed by atoms with Crippen molar-refractivity contribution in [2.45, 2.75) is 38.1 Å². The number of hydrogen-bond donors (Lipinski definition) is 3. The van der Waals surface area contributed by atoms with Gasteiger partial charge in [-0.3, -0.25) is 14.9 Å². The van der Waals surface area contributed by atoms with Crippen molar-refractivity contribution in [2.75, 3.05) is 18.4 Å². The fraction of sp³-hybridized carbons (Fsp3) is 0.562. The zero-order chi connectivity index (χ0) is 16.9. The zero-order valence-corrected chi connectivity index (χ0v) is 14.6. The van der Waals surface area contributed by atoms with Crippen molar-refractivity contribution in [3.8, 4) is 0 Å². The molecule has 0 aromatic heterocycles. The summed E-state index contributed by atoms with van der Waals surface area (Å²) in [5.41, 5.74) is 6.25. The van der Waals surface area contributed by atoms with Crippen LogP contribution < -0.4 is 16.4 Å². The average Bonchev–Trinajstić information content (AvgIpc) is 2.51. The van der Waals surface area contributed by atoms with Crippen LogP contribution in [0.2, 0.25) is 0 Å². The summed E-state index contributed by atoms with van der Waals surface area (Å²) in [6, 6.07) is 6.45. The first-order chi connectivity index (χ1) is 10.9. The molecule has 0 spiro atoms. The second kappa shape index (κ2) is 8.84. The van der Waals surface area contributed by atoms with Gasteiger partial charge in [0.15, 0.2) is 0 Å². The van der Waals surface area contributed by atoms with Gasteiger partial charge in [-0.05, 0) is 25.8 Å². The number of benzene rings is 1. The van der Waals surface area contributed by atoms with Crippen molar-refractivity contribution in [3.63, 3.8) is 0 Å². The molecule has 1 saturated carbocycles. The third-order valence-electron chi connectivity index (χ3n) is 4.41. The van der Waals surface area contributed by atoms with Crippen molar-refractivity contribution in [2.24, 2.45) is 11.7 Å². The summed E-state index contributed by atoms with van der Waals surface area (Å²) in [4.78, 5) is 22.8. The highest BCUT2D eigenvalue weighted by atomic mass is 35.5. The van der Waals surface area contributed by atoms with E-state index in [2.05, 4.69) is 10.6 Å². The number of nitro groups is 1. The summed E-state index contributed by atoms with van der Waals surface area (Å²) in [5.74, 6) is -0.193. The summed E-state index contributed by atoms with van der Waals surface area (Å²) >= 11 is 0. The molecular weight excluding hydrogens is 332 g/mol. The molecule has 0 aliphatic heterocycles. The molecule has 24 heavy (non-hydrogen) atoms. The molecule has 0 heterocycles. The Bertz CT molecular complexity index is 580. The van der Waals surface area contributed by atoms with Gasteiger partial charge in [-0.25, -0.2) is 0 Å². The van der Waals surface area contributed by atoms with Gasteiger partial charge in [0.05, 0.1) is 10.8 Å². The summed E-state index contributed by atoms with van der Waals surface area (Å²) in [7, 11) is 0. The summed E-state index contributed by atoms with van der Waals surface area (Å²) in [6.07, 6.45) is 3.77. The number of halogens is 1. The van der Waals surface area contributed by atoms with Crippen molar-refractivity contribution in [3.05, 3.63) is 34.4 Å². The van der Waals surface area contributed by atoms with Crippen LogP contribution in [0, 0.1) is 16.0 Å². The first-order valence-corrected chi connectivity index (χ1v) is 7.96. The van der Waals surface area contributed by atoms with Gasteiger partial charge < -0.3 is 16.4 Å². The van der Waals surface area contributed by atoms with E-state index in [1.165, 1.54) is 6.07 Å². The van der Waals surface area contributed by atoms with Crippen molar-refractivity contribution >= 4 is 29.7 Å². The molecule has 2 atom stereocenters.